The van der Waals surface area contributed by atoms with Gasteiger partial charge >= 0.3 is 0 Å². The summed E-state index contributed by atoms with van der Waals surface area (Å²) in [7, 11) is 0. The number of rotatable bonds is 9. The van der Waals surface area contributed by atoms with Crippen molar-refractivity contribution in [2.24, 2.45) is 5.16 Å². The Hall–Kier alpha value is -3.17. The minimum Gasteiger partial charge on any atom is -0.376 e. The van der Waals surface area contributed by atoms with E-state index in [4.69, 9.17) is 9.57 Å². The highest BCUT2D eigenvalue weighted by atomic mass is 16.6. The normalized spacial score (nSPS) is 10.7. The lowest BCUT2D eigenvalue weighted by Gasteiger charge is -2.06. The molecule has 3 heteroatoms. The molecule has 0 atom stereocenters. The van der Waals surface area contributed by atoms with Crippen molar-refractivity contribution in [3.8, 4) is 0 Å². The smallest absolute Gasteiger partial charge is 0.118 e. The van der Waals surface area contributed by atoms with Gasteiger partial charge in [-0.15, -0.1) is 0 Å². The molecule has 0 fully saturated rings. The lowest BCUT2D eigenvalue weighted by molar-refractivity contribution is 0.124. The maximum atomic E-state index is 5.64. The van der Waals surface area contributed by atoms with Crippen molar-refractivity contribution in [2.45, 2.75) is 13.0 Å². The number of hydrogen-bond donors (Lipinski definition) is 0. The molecular formula is C24H23NO2. The van der Waals surface area contributed by atoms with Crippen molar-refractivity contribution in [1.82, 2.24) is 0 Å². The Balaban J connectivity index is 1.50. The van der Waals surface area contributed by atoms with E-state index < -0.39 is 0 Å². The van der Waals surface area contributed by atoms with Gasteiger partial charge in [0.25, 0.3) is 0 Å². The van der Waals surface area contributed by atoms with E-state index in [2.05, 4.69) is 17.3 Å². The minimum atomic E-state index is 0.625. The Kier molecular flexibility index (Phi) is 7.40. The van der Waals surface area contributed by atoms with E-state index in [1.54, 1.807) is 6.26 Å². The van der Waals surface area contributed by atoms with Gasteiger partial charge in [0.05, 0.1) is 13.2 Å². The van der Waals surface area contributed by atoms with E-state index in [0.717, 1.165) is 23.3 Å². The predicted molar refractivity (Wildman–Crippen MR) is 109 cm³/mol. The first kappa shape index (κ1) is 18.6. The van der Waals surface area contributed by atoms with Crippen LogP contribution in [0.15, 0.2) is 108 Å². The number of oxime groups is 1. The van der Waals surface area contributed by atoms with Crippen molar-refractivity contribution in [3.63, 3.8) is 0 Å². The third-order valence-electron chi connectivity index (χ3n) is 3.94. The number of nitrogens with zero attached hydrogens (tertiary/aromatic N) is 1. The van der Waals surface area contributed by atoms with Crippen LogP contribution in [0.2, 0.25) is 0 Å². The van der Waals surface area contributed by atoms with Crippen LogP contribution in [0, 0.1) is 0 Å². The SMILES string of the molecule is C(=C\ON=C(c1ccccc1)c1ccccc1)/CCOCc1ccccc1. The topological polar surface area (TPSA) is 30.8 Å². The molecule has 0 spiro atoms. The zero-order valence-electron chi connectivity index (χ0n) is 15.2. The fourth-order valence-electron chi connectivity index (χ4n) is 2.57. The average molecular weight is 357 g/mol. The summed E-state index contributed by atoms with van der Waals surface area (Å²) in [4.78, 5) is 5.42. The van der Waals surface area contributed by atoms with Crippen LogP contribution < -0.4 is 0 Å². The lowest BCUT2D eigenvalue weighted by Crippen LogP contribution is -2.03. The van der Waals surface area contributed by atoms with E-state index in [-0.39, 0.29) is 0 Å². The molecule has 0 radical (unpaired) electrons. The van der Waals surface area contributed by atoms with Crippen LogP contribution in [0.5, 0.6) is 0 Å². The maximum Gasteiger partial charge on any atom is 0.118 e. The van der Waals surface area contributed by atoms with Crippen LogP contribution in [-0.2, 0) is 16.2 Å². The van der Waals surface area contributed by atoms with E-state index in [0.29, 0.717) is 13.2 Å². The van der Waals surface area contributed by atoms with Gasteiger partial charge in [-0.1, -0.05) is 96.2 Å². The fourth-order valence-corrected chi connectivity index (χ4v) is 2.57. The molecule has 136 valence electrons. The highest BCUT2D eigenvalue weighted by Crippen LogP contribution is 2.11. The lowest BCUT2D eigenvalue weighted by atomic mass is 10.0. The highest BCUT2D eigenvalue weighted by Gasteiger charge is 2.06. The Bertz CT molecular complexity index is 802. The van der Waals surface area contributed by atoms with Gasteiger partial charge in [0, 0.05) is 11.1 Å². The Morgan fingerprint density at radius 1 is 0.741 bits per heavy atom. The second kappa shape index (κ2) is 10.7. The number of benzene rings is 3. The van der Waals surface area contributed by atoms with Gasteiger partial charge in [-0.3, -0.25) is 0 Å². The van der Waals surface area contributed by atoms with Crippen molar-refractivity contribution >= 4 is 5.71 Å². The van der Waals surface area contributed by atoms with Crippen molar-refractivity contribution < 1.29 is 9.57 Å². The van der Waals surface area contributed by atoms with Crippen LogP contribution in [0.1, 0.15) is 23.1 Å². The van der Waals surface area contributed by atoms with E-state index in [9.17, 15) is 0 Å². The molecule has 0 aliphatic heterocycles. The van der Waals surface area contributed by atoms with Gasteiger partial charge in [0.15, 0.2) is 0 Å². The summed E-state index contributed by atoms with van der Waals surface area (Å²) in [6.45, 7) is 1.27. The van der Waals surface area contributed by atoms with Crippen molar-refractivity contribution in [2.75, 3.05) is 6.61 Å². The largest absolute Gasteiger partial charge is 0.376 e. The molecule has 0 aliphatic rings. The summed E-state index contributed by atoms with van der Waals surface area (Å²) in [5.41, 5.74) is 4.02. The second-order valence-electron chi connectivity index (χ2n) is 5.98. The Morgan fingerprint density at radius 3 is 1.89 bits per heavy atom. The number of hydrogen-bond acceptors (Lipinski definition) is 3. The van der Waals surface area contributed by atoms with Crippen molar-refractivity contribution in [1.29, 1.82) is 0 Å². The molecule has 0 saturated heterocycles. The van der Waals surface area contributed by atoms with Crippen LogP contribution in [0.25, 0.3) is 0 Å². The van der Waals surface area contributed by atoms with Crippen LogP contribution in [0.3, 0.4) is 0 Å². The molecular weight excluding hydrogens is 334 g/mol. The molecule has 0 amide bonds. The third kappa shape index (κ3) is 6.24. The molecule has 0 bridgehead atoms. The van der Waals surface area contributed by atoms with E-state index in [1.165, 1.54) is 5.56 Å². The maximum absolute atomic E-state index is 5.64. The average Bonchev–Trinajstić information content (AvgIpc) is 2.75. The Labute approximate surface area is 160 Å². The van der Waals surface area contributed by atoms with Crippen LogP contribution >= 0.6 is 0 Å². The first-order valence-electron chi connectivity index (χ1n) is 9.05. The molecule has 3 aromatic rings. The van der Waals surface area contributed by atoms with Gasteiger partial charge in [-0.25, -0.2) is 0 Å². The summed E-state index contributed by atoms with van der Waals surface area (Å²) >= 11 is 0. The monoisotopic (exact) mass is 357 g/mol. The van der Waals surface area contributed by atoms with E-state index in [1.807, 2.05) is 84.9 Å². The summed E-state index contributed by atoms with van der Waals surface area (Å²) < 4.78 is 5.64. The molecule has 0 saturated carbocycles. The molecule has 3 rings (SSSR count). The minimum absolute atomic E-state index is 0.625. The number of ether oxygens (including phenoxy) is 1. The van der Waals surface area contributed by atoms with Gasteiger partial charge in [-0.05, 0) is 18.1 Å². The second-order valence-corrected chi connectivity index (χ2v) is 5.98. The molecule has 3 nitrogen and oxygen atoms in total. The third-order valence-corrected chi connectivity index (χ3v) is 3.94. The predicted octanol–water partition coefficient (Wildman–Crippen LogP) is 5.58. The summed E-state index contributed by atoms with van der Waals surface area (Å²) in [6, 6.07) is 30.2. The van der Waals surface area contributed by atoms with Crippen LogP contribution in [-0.4, -0.2) is 12.3 Å². The van der Waals surface area contributed by atoms with Gasteiger partial charge in [-0.2, -0.15) is 0 Å². The standard InChI is InChI=1S/C24H23NO2/c1-4-12-21(13-5-1)20-26-18-10-11-19-27-25-24(22-14-6-2-7-15-22)23-16-8-3-9-17-23/h1-9,11-17,19H,10,18,20H2/b19-11+. The van der Waals surface area contributed by atoms with Gasteiger partial charge in [0.1, 0.15) is 12.0 Å². The summed E-state index contributed by atoms with van der Waals surface area (Å²) in [6.07, 6.45) is 4.30. The molecule has 0 unspecified atom stereocenters. The quantitative estimate of drug-likeness (QED) is 0.217. The zero-order valence-corrected chi connectivity index (χ0v) is 15.2. The zero-order chi connectivity index (χ0) is 18.6. The highest BCUT2D eigenvalue weighted by molar-refractivity contribution is 6.12. The fraction of sp³-hybridized carbons (Fsp3) is 0.125. The first-order chi connectivity index (χ1) is 13.4. The summed E-state index contributed by atoms with van der Waals surface area (Å²) in [5.74, 6) is 0. The van der Waals surface area contributed by atoms with Crippen LogP contribution in [0.4, 0.5) is 0 Å². The molecule has 0 aromatic heterocycles. The molecule has 27 heavy (non-hydrogen) atoms. The molecule has 3 aromatic carbocycles. The molecule has 0 N–H and O–H groups in total. The first-order valence-corrected chi connectivity index (χ1v) is 9.05. The molecule has 0 aliphatic carbocycles. The van der Waals surface area contributed by atoms with E-state index >= 15 is 0 Å². The van der Waals surface area contributed by atoms with Crippen molar-refractivity contribution in [3.05, 3.63) is 120 Å². The summed E-state index contributed by atoms with van der Waals surface area (Å²) in [5, 5.41) is 4.32. The molecule has 0 heterocycles. The van der Waals surface area contributed by atoms with Gasteiger partial charge in [0.2, 0.25) is 0 Å². The Morgan fingerprint density at radius 2 is 1.30 bits per heavy atom. The van der Waals surface area contributed by atoms with Gasteiger partial charge < -0.3 is 9.57 Å².